The number of amides is 2. The predicted molar refractivity (Wildman–Crippen MR) is 453 cm³/mol. The highest BCUT2D eigenvalue weighted by Gasteiger charge is 2.40. The van der Waals surface area contributed by atoms with Crippen molar-refractivity contribution in [1.82, 2.24) is 20.0 Å². The number of aliphatic hydroxyl groups is 3. The van der Waals surface area contributed by atoms with E-state index in [9.17, 15) is 24.9 Å². The standard InChI is InChI=1S/C94H188N4O5/c1-8-13-18-23-28-33-38-43-48-53-58-63-72-86(6)81-96(82-87(7)73-64-59-54-49-44-39-34-29-24-19-14-9-2)79-70-68-77-91-94(103)98(85-90(101)76-67-62-57-52-47-42-37-32-27-22-17-12-5)92(93(102)95-91)78-69-71-80-97(83-88(99)74-65-60-55-50-45-40-35-30-25-20-15-10-3)84-89(100)75-66-61-56-51-46-41-36-31-26-21-16-11-4/h86-92,99-101H,8-85H2,1-7H3,(H,95,102). The summed E-state index contributed by atoms with van der Waals surface area (Å²) in [5.74, 6) is 1.26. The van der Waals surface area contributed by atoms with Gasteiger partial charge in [-0.15, -0.1) is 0 Å². The SMILES string of the molecule is CCCCCCCCCCCCCCC(C)CN(CCCCC1NC(=O)C(CCCCN(CC(O)CCCCCCCCCCCCCC)CC(O)CCCCCCCCCCCCCC)N(CC(O)CCCCCCCCCCCCCC)C1=O)CC(C)CCCCCCCCCCCCCC. The third kappa shape index (κ3) is 65.2. The number of β-amino-alcohol motifs (C(OH)–C–C–N with tert-alkyl or cyclic N) is 1. The van der Waals surface area contributed by atoms with Crippen molar-refractivity contribution in [1.29, 1.82) is 0 Å². The van der Waals surface area contributed by atoms with Crippen LogP contribution in [0.25, 0.3) is 0 Å². The Morgan fingerprint density at radius 2 is 0.524 bits per heavy atom. The molecule has 1 fully saturated rings. The molecule has 1 rings (SSSR count). The Hall–Kier alpha value is -1.26. The fraction of sp³-hybridized carbons (Fsp3) is 0.979. The molecule has 9 heteroatoms. The maximum absolute atomic E-state index is 14.9. The van der Waals surface area contributed by atoms with Crippen molar-refractivity contribution >= 4 is 11.8 Å². The molecule has 0 aromatic heterocycles. The zero-order valence-electron chi connectivity index (χ0n) is 71.2. The van der Waals surface area contributed by atoms with E-state index in [1.807, 2.05) is 4.90 Å². The summed E-state index contributed by atoms with van der Waals surface area (Å²) in [6.45, 7) is 21.9. The number of unbranched alkanes of at least 4 members (excludes halogenated alkanes) is 57. The normalized spacial score (nSPS) is 15.9. The fourth-order valence-corrected chi connectivity index (χ4v) is 16.9. The Bertz CT molecular complexity index is 1650. The van der Waals surface area contributed by atoms with Gasteiger partial charge in [0.05, 0.1) is 18.3 Å². The number of aliphatic hydroxyl groups excluding tert-OH is 3. The Labute approximate surface area is 645 Å². The van der Waals surface area contributed by atoms with Crippen molar-refractivity contribution in [3.63, 3.8) is 0 Å². The van der Waals surface area contributed by atoms with Gasteiger partial charge in [-0.05, 0) is 95.6 Å². The van der Waals surface area contributed by atoms with Crippen molar-refractivity contribution in [3.8, 4) is 0 Å². The van der Waals surface area contributed by atoms with E-state index in [2.05, 4.69) is 63.6 Å². The van der Waals surface area contributed by atoms with Gasteiger partial charge in [0, 0.05) is 32.7 Å². The van der Waals surface area contributed by atoms with Gasteiger partial charge in [-0.1, -0.05) is 434 Å². The summed E-state index contributed by atoms with van der Waals surface area (Å²) in [4.78, 5) is 36.3. The van der Waals surface area contributed by atoms with Crippen LogP contribution < -0.4 is 5.32 Å². The van der Waals surface area contributed by atoms with Crippen LogP contribution in [0.2, 0.25) is 0 Å². The molecule has 0 radical (unpaired) electrons. The van der Waals surface area contributed by atoms with Gasteiger partial charge in [0.15, 0.2) is 0 Å². The van der Waals surface area contributed by atoms with E-state index in [1.54, 1.807) is 0 Å². The third-order valence-corrected chi connectivity index (χ3v) is 23.8. The third-order valence-electron chi connectivity index (χ3n) is 23.8. The van der Waals surface area contributed by atoms with Gasteiger partial charge in [0.2, 0.25) is 11.8 Å². The minimum atomic E-state index is -0.655. The van der Waals surface area contributed by atoms with Gasteiger partial charge >= 0.3 is 0 Å². The lowest BCUT2D eigenvalue weighted by atomic mass is 9.96. The van der Waals surface area contributed by atoms with Crippen molar-refractivity contribution in [2.75, 3.05) is 45.8 Å². The summed E-state index contributed by atoms with van der Waals surface area (Å²) in [5.41, 5.74) is 0. The molecular formula is C94H188N4O5. The lowest BCUT2D eigenvalue weighted by Gasteiger charge is -2.40. The highest BCUT2D eigenvalue weighted by molar-refractivity contribution is 5.97. The highest BCUT2D eigenvalue weighted by atomic mass is 16.3. The van der Waals surface area contributed by atoms with E-state index in [-0.39, 0.29) is 18.4 Å². The average molecular weight is 1450 g/mol. The van der Waals surface area contributed by atoms with Crippen LogP contribution in [-0.4, -0.2) is 118 Å². The van der Waals surface area contributed by atoms with Gasteiger partial charge < -0.3 is 30.4 Å². The molecule has 7 atom stereocenters. The Balaban J connectivity index is 3.09. The molecule has 0 aromatic carbocycles. The van der Waals surface area contributed by atoms with Crippen LogP contribution in [0.5, 0.6) is 0 Å². The predicted octanol–water partition coefficient (Wildman–Crippen LogP) is 27.4. The number of carbonyl (C=O) groups excluding carboxylic acids is 2. The molecule has 4 N–H and O–H groups in total. The molecule has 0 bridgehead atoms. The molecule has 0 aliphatic carbocycles. The minimum Gasteiger partial charge on any atom is -0.392 e. The summed E-state index contributed by atoms with van der Waals surface area (Å²) < 4.78 is 0. The Morgan fingerprint density at radius 3 is 0.806 bits per heavy atom. The molecule has 2 amide bonds. The van der Waals surface area contributed by atoms with Gasteiger partial charge in [-0.2, -0.15) is 0 Å². The molecule has 0 spiro atoms. The van der Waals surface area contributed by atoms with Crippen LogP contribution in [-0.2, 0) is 9.59 Å². The molecule has 7 unspecified atom stereocenters. The first-order valence-electron chi connectivity index (χ1n) is 47.6. The summed E-state index contributed by atoms with van der Waals surface area (Å²) in [5, 5.41) is 38.1. The number of rotatable bonds is 85. The zero-order chi connectivity index (χ0) is 74.8. The summed E-state index contributed by atoms with van der Waals surface area (Å²) in [7, 11) is 0. The van der Waals surface area contributed by atoms with Crippen LogP contribution in [0, 0.1) is 11.8 Å². The second-order valence-corrected chi connectivity index (χ2v) is 34.6. The first-order chi connectivity index (χ1) is 50.5. The lowest BCUT2D eigenvalue weighted by Crippen LogP contribution is -2.64. The Morgan fingerprint density at radius 1 is 0.291 bits per heavy atom. The van der Waals surface area contributed by atoms with Crippen LogP contribution in [0.15, 0.2) is 0 Å². The number of hydrogen-bond donors (Lipinski definition) is 4. The number of nitrogens with zero attached hydrogens (tertiary/aromatic N) is 3. The lowest BCUT2D eigenvalue weighted by molar-refractivity contribution is -0.151. The van der Waals surface area contributed by atoms with Crippen molar-refractivity contribution in [2.24, 2.45) is 11.8 Å². The smallest absolute Gasteiger partial charge is 0.245 e. The number of hydrogen-bond acceptors (Lipinski definition) is 7. The summed E-state index contributed by atoms with van der Waals surface area (Å²) in [6, 6.07) is -1.16. The van der Waals surface area contributed by atoms with E-state index in [0.717, 1.165) is 90.4 Å². The molecule has 103 heavy (non-hydrogen) atoms. The molecule has 1 heterocycles. The molecule has 1 aliphatic rings. The molecule has 0 saturated carbocycles. The first kappa shape index (κ1) is 99.7. The molecule has 1 saturated heterocycles. The maximum Gasteiger partial charge on any atom is 0.245 e. The van der Waals surface area contributed by atoms with E-state index >= 15 is 0 Å². The fourth-order valence-electron chi connectivity index (χ4n) is 16.9. The van der Waals surface area contributed by atoms with Gasteiger partial charge in [-0.25, -0.2) is 0 Å². The van der Waals surface area contributed by atoms with Crippen molar-refractivity contribution in [3.05, 3.63) is 0 Å². The monoisotopic (exact) mass is 1450 g/mol. The summed E-state index contributed by atoms with van der Waals surface area (Å²) >= 11 is 0. The van der Waals surface area contributed by atoms with E-state index in [0.29, 0.717) is 44.2 Å². The quantitative estimate of drug-likeness (QED) is 0.0448. The topological polar surface area (TPSA) is 117 Å². The largest absolute Gasteiger partial charge is 0.392 e. The van der Waals surface area contributed by atoms with Crippen molar-refractivity contribution < 1.29 is 24.9 Å². The van der Waals surface area contributed by atoms with E-state index in [4.69, 9.17) is 0 Å². The van der Waals surface area contributed by atoms with Crippen molar-refractivity contribution in [2.45, 2.75) is 535 Å². The van der Waals surface area contributed by atoms with E-state index < -0.39 is 30.4 Å². The maximum atomic E-state index is 14.9. The second kappa shape index (κ2) is 77.5. The average Bonchev–Trinajstić information content (AvgIpc) is 0.805. The van der Waals surface area contributed by atoms with Gasteiger partial charge in [0.1, 0.15) is 12.1 Å². The van der Waals surface area contributed by atoms with Crippen LogP contribution in [0.1, 0.15) is 504 Å². The molecule has 1 aliphatic heterocycles. The Kier molecular flexibility index (Phi) is 75.0. The molecular weight excluding hydrogens is 1270 g/mol. The van der Waals surface area contributed by atoms with Gasteiger partial charge in [-0.3, -0.25) is 14.5 Å². The number of nitrogens with one attached hydrogen (secondary N) is 1. The molecule has 614 valence electrons. The van der Waals surface area contributed by atoms with Crippen LogP contribution in [0.3, 0.4) is 0 Å². The number of piperazine rings is 1. The molecule has 9 nitrogen and oxygen atoms in total. The molecule has 0 aromatic rings. The minimum absolute atomic E-state index is 0.00857. The van der Waals surface area contributed by atoms with Crippen LogP contribution >= 0.6 is 0 Å². The van der Waals surface area contributed by atoms with E-state index in [1.165, 1.54) is 372 Å². The number of carbonyl (C=O) groups is 2. The van der Waals surface area contributed by atoms with Crippen LogP contribution in [0.4, 0.5) is 0 Å². The van der Waals surface area contributed by atoms with Gasteiger partial charge in [0.25, 0.3) is 0 Å². The summed E-state index contributed by atoms with van der Waals surface area (Å²) in [6.07, 6.45) is 87.9. The zero-order valence-corrected chi connectivity index (χ0v) is 71.2. The first-order valence-corrected chi connectivity index (χ1v) is 47.6. The highest BCUT2D eigenvalue weighted by Crippen LogP contribution is 2.25. The second-order valence-electron chi connectivity index (χ2n) is 34.6.